The van der Waals surface area contributed by atoms with Crippen molar-refractivity contribution in [2.75, 3.05) is 6.54 Å². The molecule has 0 aromatic carbocycles. The van der Waals surface area contributed by atoms with Crippen LogP contribution in [-0.4, -0.2) is 11.5 Å². The normalized spacial score (nSPS) is 20.3. The first-order chi connectivity index (χ1) is 5.79. The fraction of sp³-hybridized carbons (Fsp3) is 0.375. The fourth-order valence-electron chi connectivity index (χ4n) is 1.29. The van der Waals surface area contributed by atoms with Crippen LogP contribution in [0.2, 0.25) is 10.0 Å². The summed E-state index contributed by atoms with van der Waals surface area (Å²) in [5.74, 6) is 0. The molecule has 1 aliphatic rings. The van der Waals surface area contributed by atoms with Crippen molar-refractivity contribution in [3.8, 4) is 0 Å². The molecule has 72 valence electrons. The lowest BCUT2D eigenvalue weighted by atomic mass is 9.99. The van der Waals surface area contributed by atoms with Gasteiger partial charge in [0.05, 0.1) is 10.0 Å². The van der Waals surface area contributed by atoms with Gasteiger partial charge >= 0.3 is 0 Å². The van der Waals surface area contributed by atoms with Gasteiger partial charge in [0.2, 0.25) is 0 Å². The van der Waals surface area contributed by atoms with Crippen LogP contribution in [0.5, 0.6) is 0 Å². The Labute approximate surface area is 93.0 Å². The lowest BCUT2D eigenvalue weighted by Gasteiger charge is -2.29. The van der Waals surface area contributed by atoms with Crippen LogP contribution in [0.1, 0.15) is 18.0 Å². The van der Waals surface area contributed by atoms with Gasteiger partial charge in [0.25, 0.3) is 0 Å². The maximum absolute atomic E-state index is 5.95. The summed E-state index contributed by atoms with van der Waals surface area (Å²) in [6.07, 6.45) is 4.36. The predicted molar refractivity (Wildman–Crippen MR) is 56.9 cm³/mol. The summed E-state index contributed by atoms with van der Waals surface area (Å²) >= 11 is 11.9. The Kier molecular flexibility index (Phi) is 3.80. The zero-order chi connectivity index (χ0) is 8.55. The third-order valence-electron chi connectivity index (χ3n) is 2.06. The molecule has 1 aromatic rings. The molecule has 5 heteroatoms. The fourth-order valence-corrected chi connectivity index (χ4v) is 1.92. The zero-order valence-electron chi connectivity index (χ0n) is 6.76. The molecular formula is C8H9Cl3N2. The topological polar surface area (TPSA) is 24.9 Å². The second-order valence-electron chi connectivity index (χ2n) is 2.81. The molecule has 0 bridgehead atoms. The largest absolute Gasteiger partial charge is 0.310 e. The van der Waals surface area contributed by atoms with Crippen molar-refractivity contribution in [3.05, 3.63) is 28.0 Å². The highest BCUT2D eigenvalue weighted by Gasteiger charge is 2.23. The van der Waals surface area contributed by atoms with E-state index in [1.54, 1.807) is 12.4 Å². The van der Waals surface area contributed by atoms with Gasteiger partial charge in [0.1, 0.15) is 0 Å². The van der Waals surface area contributed by atoms with Crippen molar-refractivity contribution in [1.29, 1.82) is 0 Å². The number of aromatic nitrogens is 1. The molecule has 0 spiro atoms. The lowest BCUT2D eigenvalue weighted by Crippen LogP contribution is -2.35. The van der Waals surface area contributed by atoms with Crippen LogP contribution >= 0.6 is 35.6 Å². The number of nitrogens with zero attached hydrogens (tertiary/aromatic N) is 1. The van der Waals surface area contributed by atoms with E-state index >= 15 is 0 Å². The van der Waals surface area contributed by atoms with E-state index in [-0.39, 0.29) is 12.4 Å². The van der Waals surface area contributed by atoms with E-state index in [0.29, 0.717) is 16.1 Å². The Morgan fingerprint density at radius 1 is 1.31 bits per heavy atom. The van der Waals surface area contributed by atoms with Gasteiger partial charge in [-0.05, 0) is 13.0 Å². The van der Waals surface area contributed by atoms with E-state index in [1.807, 2.05) is 0 Å². The minimum atomic E-state index is 0. The quantitative estimate of drug-likeness (QED) is 0.815. The average Bonchev–Trinajstić information content (AvgIpc) is 1.93. The molecule has 2 nitrogen and oxygen atoms in total. The zero-order valence-corrected chi connectivity index (χ0v) is 9.09. The molecule has 1 fully saturated rings. The molecule has 1 N–H and O–H groups in total. The van der Waals surface area contributed by atoms with Crippen molar-refractivity contribution < 1.29 is 0 Å². The molecule has 0 amide bonds. The average molecular weight is 240 g/mol. The molecular weight excluding hydrogens is 230 g/mol. The summed E-state index contributed by atoms with van der Waals surface area (Å²) in [6, 6.07) is 0.327. The van der Waals surface area contributed by atoms with E-state index in [9.17, 15) is 0 Å². The second kappa shape index (κ2) is 4.47. The molecule has 0 aliphatic carbocycles. The van der Waals surface area contributed by atoms with E-state index in [4.69, 9.17) is 23.2 Å². The predicted octanol–water partition coefficient (Wildman–Crippen LogP) is 2.84. The first kappa shape index (κ1) is 11.1. The van der Waals surface area contributed by atoms with Crippen LogP contribution in [0.25, 0.3) is 0 Å². The van der Waals surface area contributed by atoms with Gasteiger partial charge in [0.15, 0.2) is 0 Å². The second-order valence-corrected chi connectivity index (χ2v) is 3.63. The summed E-state index contributed by atoms with van der Waals surface area (Å²) in [6.45, 7) is 1.04. The Morgan fingerprint density at radius 3 is 2.23 bits per heavy atom. The van der Waals surface area contributed by atoms with Crippen LogP contribution in [0, 0.1) is 0 Å². The summed E-state index contributed by atoms with van der Waals surface area (Å²) < 4.78 is 0. The Balaban J connectivity index is 0.000000845. The maximum Gasteiger partial charge on any atom is 0.0652 e. The van der Waals surface area contributed by atoms with E-state index in [1.165, 1.54) is 0 Å². The Hall–Kier alpha value is -0.0200. The Morgan fingerprint density at radius 2 is 1.85 bits per heavy atom. The number of hydrogen-bond donors (Lipinski definition) is 1. The standard InChI is InChI=1S/C8H8Cl2N2.ClH/c9-5-3-11-4-6(10)8(5)7-1-2-12-7;/h3-4,7,12H,1-2H2;1H/t7-;/m0./s1. The number of hydrogen-bond acceptors (Lipinski definition) is 2. The first-order valence-corrected chi connectivity index (χ1v) is 4.57. The molecule has 2 heterocycles. The third kappa shape index (κ3) is 2.08. The van der Waals surface area contributed by atoms with Gasteiger partial charge in [-0.25, -0.2) is 0 Å². The van der Waals surface area contributed by atoms with Gasteiger partial charge in [-0.3, -0.25) is 4.98 Å². The summed E-state index contributed by atoms with van der Waals surface area (Å²) in [5, 5.41) is 4.55. The van der Waals surface area contributed by atoms with Gasteiger partial charge in [-0.1, -0.05) is 23.2 Å². The molecule has 1 aliphatic heterocycles. The SMILES string of the molecule is Cl.Clc1cncc(Cl)c1[C@@H]1CCN1. The van der Waals surface area contributed by atoms with Crippen LogP contribution in [0.4, 0.5) is 0 Å². The number of halogens is 3. The van der Waals surface area contributed by atoms with Gasteiger partial charge in [0, 0.05) is 24.0 Å². The van der Waals surface area contributed by atoms with Crippen molar-refractivity contribution in [3.63, 3.8) is 0 Å². The molecule has 1 aromatic heterocycles. The van der Waals surface area contributed by atoms with Crippen LogP contribution in [-0.2, 0) is 0 Å². The highest BCUT2D eigenvalue weighted by Crippen LogP contribution is 2.33. The van der Waals surface area contributed by atoms with Gasteiger partial charge in [-0.15, -0.1) is 12.4 Å². The van der Waals surface area contributed by atoms with E-state index in [2.05, 4.69) is 10.3 Å². The van der Waals surface area contributed by atoms with Crippen molar-refractivity contribution in [1.82, 2.24) is 10.3 Å². The number of nitrogens with one attached hydrogen (secondary N) is 1. The van der Waals surface area contributed by atoms with E-state index < -0.39 is 0 Å². The molecule has 13 heavy (non-hydrogen) atoms. The van der Waals surface area contributed by atoms with E-state index in [0.717, 1.165) is 18.5 Å². The van der Waals surface area contributed by atoms with Crippen molar-refractivity contribution >= 4 is 35.6 Å². The summed E-state index contributed by atoms with van der Waals surface area (Å²) in [7, 11) is 0. The van der Waals surface area contributed by atoms with Crippen LogP contribution in [0.15, 0.2) is 12.4 Å². The maximum atomic E-state index is 5.95. The molecule has 0 radical (unpaired) electrons. The van der Waals surface area contributed by atoms with Crippen LogP contribution in [0.3, 0.4) is 0 Å². The minimum Gasteiger partial charge on any atom is -0.310 e. The van der Waals surface area contributed by atoms with Crippen LogP contribution < -0.4 is 5.32 Å². The summed E-state index contributed by atoms with van der Waals surface area (Å²) in [5.41, 5.74) is 0.986. The monoisotopic (exact) mass is 238 g/mol. The molecule has 1 saturated heterocycles. The number of rotatable bonds is 1. The molecule has 1 atom stereocenters. The van der Waals surface area contributed by atoms with Gasteiger partial charge < -0.3 is 5.32 Å². The molecule has 0 saturated carbocycles. The first-order valence-electron chi connectivity index (χ1n) is 3.81. The minimum absolute atomic E-state index is 0. The smallest absolute Gasteiger partial charge is 0.0652 e. The lowest BCUT2D eigenvalue weighted by molar-refractivity contribution is 0.383. The van der Waals surface area contributed by atoms with Crippen molar-refractivity contribution in [2.45, 2.75) is 12.5 Å². The van der Waals surface area contributed by atoms with Gasteiger partial charge in [-0.2, -0.15) is 0 Å². The van der Waals surface area contributed by atoms with Crippen molar-refractivity contribution in [2.24, 2.45) is 0 Å². The highest BCUT2D eigenvalue weighted by molar-refractivity contribution is 6.35. The Bertz CT molecular complexity index is 279. The molecule has 2 rings (SSSR count). The number of pyridine rings is 1. The summed E-state index contributed by atoms with van der Waals surface area (Å²) in [4.78, 5) is 3.89. The molecule has 0 unspecified atom stereocenters. The highest BCUT2D eigenvalue weighted by atomic mass is 35.5. The third-order valence-corrected chi connectivity index (χ3v) is 2.66.